The van der Waals surface area contributed by atoms with Crippen LogP contribution >= 0.6 is 0 Å². The Bertz CT molecular complexity index is 1080. The van der Waals surface area contributed by atoms with E-state index in [1.807, 2.05) is 0 Å². The molecule has 1 N–H and O–H groups in total. The number of carbonyl (C=O) groups is 2. The first-order chi connectivity index (χ1) is 14.0. The maximum absolute atomic E-state index is 13.8. The number of sulfonamides is 1. The molecule has 160 valence electrons. The molecule has 3 rings (SSSR count). The van der Waals surface area contributed by atoms with E-state index in [1.54, 1.807) is 0 Å². The summed E-state index contributed by atoms with van der Waals surface area (Å²) >= 11 is 0. The van der Waals surface area contributed by atoms with Crippen LogP contribution in [0.3, 0.4) is 0 Å². The molecule has 0 aliphatic carbocycles. The van der Waals surface area contributed by atoms with Gasteiger partial charge in [0.05, 0.1) is 12.8 Å². The lowest BCUT2D eigenvalue weighted by atomic mass is 9.94. The first-order valence-corrected chi connectivity index (χ1v) is 10.9. The number of benzene rings is 2. The lowest BCUT2D eigenvalue weighted by molar-refractivity contribution is -0.133. The van der Waals surface area contributed by atoms with Gasteiger partial charge in [-0.3, -0.25) is 14.5 Å². The van der Waals surface area contributed by atoms with Gasteiger partial charge in [0.1, 0.15) is 17.2 Å². The van der Waals surface area contributed by atoms with Crippen molar-refractivity contribution in [2.45, 2.75) is 19.0 Å². The SMILES string of the molecule is CC1(C(=O)NCc2ccc(F)cc2)CN(S(C)(=O)=O)CC(=O)N1c1cccc(F)c1. The zero-order valence-corrected chi connectivity index (χ0v) is 17.2. The molecule has 1 fully saturated rings. The molecule has 1 atom stereocenters. The van der Waals surface area contributed by atoms with Gasteiger partial charge in [0.2, 0.25) is 21.8 Å². The number of piperazine rings is 1. The number of hydrogen-bond donors (Lipinski definition) is 1. The van der Waals surface area contributed by atoms with Gasteiger partial charge in [-0.2, -0.15) is 4.31 Å². The van der Waals surface area contributed by atoms with E-state index in [0.29, 0.717) is 5.56 Å². The van der Waals surface area contributed by atoms with Crippen LogP contribution in [0.2, 0.25) is 0 Å². The average Bonchev–Trinajstić information content (AvgIpc) is 2.66. The Hall–Kier alpha value is -2.85. The largest absolute Gasteiger partial charge is 0.350 e. The van der Waals surface area contributed by atoms with E-state index >= 15 is 0 Å². The maximum Gasteiger partial charge on any atom is 0.247 e. The van der Waals surface area contributed by atoms with Crippen LogP contribution in [0.5, 0.6) is 0 Å². The van der Waals surface area contributed by atoms with Crippen molar-refractivity contribution in [3.63, 3.8) is 0 Å². The summed E-state index contributed by atoms with van der Waals surface area (Å²) in [6, 6.07) is 10.7. The predicted octanol–water partition coefficient (Wildman–Crippen LogP) is 1.65. The molecule has 1 aliphatic rings. The summed E-state index contributed by atoms with van der Waals surface area (Å²) in [5.41, 5.74) is -0.868. The van der Waals surface area contributed by atoms with Crippen LogP contribution in [-0.2, 0) is 26.2 Å². The molecule has 1 aliphatic heterocycles. The Labute approximate surface area is 173 Å². The van der Waals surface area contributed by atoms with Crippen LogP contribution in [0, 0.1) is 11.6 Å². The monoisotopic (exact) mass is 437 g/mol. The highest BCUT2D eigenvalue weighted by atomic mass is 32.2. The zero-order valence-electron chi connectivity index (χ0n) is 16.4. The van der Waals surface area contributed by atoms with Crippen molar-refractivity contribution >= 4 is 27.5 Å². The summed E-state index contributed by atoms with van der Waals surface area (Å²) in [6.07, 6.45) is 0.953. The number of hydrogen-bond acceptors (Lipinski definition) is 4. The van der Waals surface area contributed by atoms with Crippen LogP contribution in [0.15, 0.2) is 48.5 Å². The molecule has 2 amide bonds. The van der Waals surface area contributed by atoms with E-state index in [4.69, 9.17) is 0 Å². The Morgan fingerprint density at radius 2 is 1.80 bits per heavy atom. The zero-order chi connectivity index (χ0) is 22.1. The minimum absolute atomic E-state index is 0.0404. The van der Waals surface area contributed by atoms with Gasteiger partial charge in [0.15, 0.2) is 0 Å². The van der Waals surface area contributed by atoms with Crippen molar-refractivity contribution in [3.05, 3.63) is 65.7 Å². The van der Waals surface area contributed by atoms with Crippen LogP contribution in [0.4, 0.5) is 14.5 Å². The second kappa shape index (κ2) is 8.11. The summed E-state index contributed by atoms with van der Waals surface area (Å²) in [4.78, 5) is 27.1. The molecule has 0 aromatic heterocycles. The van der Waals surface area contributed by atoms with Gasteiger partial charge in [0, 0.05) is 18.8 Å². The van der Waals surface area contributed by atoms with Gasteiger partial charge in [0.25, 0.3) is 0 Å². The van der Waals surface area contributed by atoms with Crippen molar-refractivity contribution in [1.82, 2.24) is 9.62 Å². The van der Waals surface area contributed by atoms with Gasteiger partial charge < -0.3 is 5.32 Å². The van der Waals surface area contributed by atoms with E-state index in [2.05, 4.69) is 5.32 Å². The molecule has 1 saturated heterocycles. The number of nitrogens with zero attached hydrogens (tertiary/aromatic N) is 2. The number of rotatable bonds is 5. The highest BCUT2D eigenvalue weighted by molar-refractivity contribution is 7.88. The summed E-state index contributed by atoms with van der Waals surface area (Å²) in [6.45, 7) is 0.700. The number of carbonyl (C=O) groups excluding carboxylic acids is 2. The van der Waals surface area contributed by atoms with Crippen LogP contribution in [0.25, 0.3) is 0 Å². The minimum Gasteiger partial charge on any atom is -0.350 e. The summed E-state index contributed by atoms with van der Waals surface area (Å²) in [7, 11) is -3.76. The second-order valence-electron chi connectivity index (χ2n) is 7.32. The summed E-state index contributed by atoms with van der Waals surface area (Å²) < 4.78 is 52.0. The highest BCUT2D eigenvalue weighted by Crippen LogP contribution is 2.31. The third-order valence-corrected chi connectivity index (χ3v) is 6.13. The molecule has 2 aromatic rings. The molecule has 0 bridgehead atoms. The molecule has 0 radical (unpaired) electrons. The van der Waals surface area contributed by atoms with Gasteiger partial charge in [-0.1, -0.05) is 18.2 Å². The fourth-order valence-electron chi connectivity index (χ4n) is 3.39. The third kappa shape index (κ3) is 4.49. The Morgan fingerprint density at radius 1 is 1.13 bits per heavy atom. The Balaban J connectivity index is 1.95. The molecule has 0 spiro atoms. The first-order valence-electron chi connectivity index (χ1n) is 9.07. The predicted molar refractivity (Wildman–Crippen MR) is 107 cm³/mol. The minimum atomic E-state index is -3.76. The van der Waals surface area contributed by atoms with Crippen molar-refractivity contribution < 1.29 is 26.8 Å². The molecule has 30 heavy (non-hydrogen) atoms. The Kier molecular flexibility index (Phi) is 5.91. The number of halogens is 2. The van der Waals surface area contributed by atoms with E-state index in [9.17, 15) is 26.8 Å². The summed E-state index contributed by atoms with van der Waals surface area (Å²) in [5, 5.41) is 2.67. The van der Waals surface area contributed by atoms with Gasteiger partial charge >= 0.3 is 0 Å². The van der Waals surface area contributed by atoms with E-state index in [0.717, 1.165) is 21.5 Å². The fraction of sp³-hybridized carbons (Fsp3) is 0.300. The molecule has 1 heterocycles. The average molecular weight is 437 g/mol. The Morgan fingerprint density at radius 3 is 2.40 bits per heavy atom. The van der Waals surface area contributed by atoms with Crippen LogP contribution in [0.1, 0.15) is 12.5 Å². The fourth-order valence-corrected chi connectivity index (χ4v) is 4.22. The van der Waals surface area contributed by atoms with Crippen molar-refractivity contribution in [2.24, 2.45) is 0 Å². The normalized spacial score (nSPS) is 20.3. The molecular weight excluding hydrogens is 416 g/mol. The number of anilines is 1. The van der Waals surface area contributed by atoms with Gasteiger partial charge in [-0.05, 0) is 42.8 Å². The molecule has 0 saturated carbocycles. The van der Waals surface area contributed by atoms with E-state index in [-0.39, 0.29) is 18.8 Å². The van der Waals surface area contributed by atoms with Gasteiger partial charge in [-0.15, -0.1) is 0 Å². The highest BCUT2D eigenvalue weighted by Gasteiger charge is 2.50. The molecule has 2 aromatic carbocycles. The van der Waals surface area contributed by atoms with Crippen LogP contribution in [-0.4, -0.2) is 49.4 Å². The van der Waals surface area contributed by atoms with Crippen molar-refractivity contribution in [3.8, 4) is 0 Å². The first kappa shape index (κ1) is 21.8. The van der Waals surface area contributed by atoms with Crippen molar-refractivity contribution in [1.29, 1.82) is 0 Å². The van der Waals surface area contributed by atoms with Crippen molar-refractivity contribution in [2.75, 3.05) is 24.2 Å². The van der Waals surface area contributed by atoms with Gasteiger partial charge in [-0.25, -0.2) is 17.2 Å². The number of amides is 2. The third-order valence-electron chi connectivity index (χ3n) is 4.93. The standard InChI is InChI=1S/C20H21F2N3O4S/c1-20(19(27)23-11-14-6-8-15(21)9-7-14)13-24(30(2,28)29)12-18(26)25(20)17-5-3-4-16(22)10-17/h3-10H,11-13H2,1-2H3,(H,23,27). The maximum atomic E-state index is 13.8. The van der Waals surface area contributed by atoms with Crippen LogP contribution < -0.4 is 10.2 Å². The topological polar surface area (TPSA) is 86.8 Å². The number of nitrogens with one attached hydrogen (secondary N) is 1. The second-order valence-corrected chi connectivity index (χ2v) is 9.31. The summed E-state index contributed by atoms with van der Waals surface area (Å²) in [5.74, 6) is -2.30. The molecular formula is C20H21F2N3O4S. The lowest BCUT2D eigenvalue weighted by Crippen LogP contribution is -2.70. The molecule has 10 heteroatoms. The smallest absolute Gasteiger partial charge is 0.247 e. The molecule has 7 nitrogen and oxygen atoms in total. The lowest BCUT2D eigenvalue weighted by Gasteiger charge is -2.46. The molecule has 1 unspecified atom stereocenters. The van der Waals surface area contributed by atoms with E-state index < -0.39 is 45.6 Å². The quantitative estimate of drug-likeness (QED) is 0.771. The van der Waals surface area contributed by atoms with E-state index in [1.165, 1.54) is 49.4 Å².